The van der Waals surface area contributed by atoms with Crippen molar-refractivity contribution in [3.8, 4) is 23.0 Å². The summed E-state index contributed by atoms with van der Waals surface area (Å²) in [7, 11) is 1.45. The van der Waals surface area contributed by atoms with Crippen molar-refractivity contribution in [1.82, 2.24) is 4.90 Å². The third-order valence-electron chi connectivity index (χ3n) is 7.19. The summed E-state index contributed by atoms with van der Waals surface area (Å²) in [5.74, 6) is 0.785. The number of fused-ring (bicyclic) bond motifs is 2. The van der Waals surface area contributed by atoms with Crippen LogP contribution in [0.15, 0.2) is 47.7 Å². The molecule has 182 valence electrons. The molecule has 0 radical (unpaired) electrons. The zero-order chi connectivity index (χ0) is 24.3. The van der Waals surface area contributed by atoms with Gasteiger partial charge >= 0.3 is 0 Å². The maximum absolute atomic E-state index is 13.8. The van der Waals surface area contributed by atoms with Crippen LogP contribution in [0, 0.1) is 5.92 Å². The van der Waals surface area contributed by atoms with E-state index in [9.17, 15) is 14.7 Å². The van der Waals surface area contributed by atoms with Crippen LogP contribution in [0.5, 0.6) is 23.0 Å². The number of carbonyl (C=O) groups is 2. The summed E-state index contributed by atoms with van der Waals surface area (Å²) in [4.78, 5) is 29.1. The normalized spacial score (nSPS) is 27.0. The Hall–Kier alpha value is -3.39. The quantitative estimate of drug-likeness (QED) is 0.641. The van der Waals surface area contributed by atoms with Crippen molar-refractivity contribution >= 4 is 23.3 Å². The Morgan fingerprint density at radius 3 is 2.77 bits per heavy atom. The molecule has 4 aliphatic rings. The summed E-state index contributed by atoms with van der Waals surface area (Å²) < 4.78 is 22.4. The molecule has 1 saturated carbocycles. The first-order valence-corrected chi connectivity index (χ1v) is 12.0. The number of ketones is 1. The molecule has 0 saturated heterocycles. The third kappa shape index (κ3) is 3.58. The Kier molecular flexibility index (Phi) is 5.29. The largest absolute Gasteiger partial charge is 0.504 e. The van der Waals surface area contributed by atoms with Crippen LogP contribution in [0.1, 0.15) is 36.4 Å². The molecule has 9 heteroatoms. The van der Waals surface area contributed by atoms with Crippen molar-refractivity contribution in [3.05, 3.63) is 58.9 Å². The number of carbonyl (C=O) groups excluding carboxylic acids is 2. The number of phenolic OH excluding ortho intramolecular Hbond substituents is 1. The number of hydrogen-bond acceptors (Lipinski definition) is 7. The van der Waals surface area contributed by atoms with Crippen molar-refractivity contribution in [2.45, 2.75) is 43.3 Å². The van der Waals surface area contributed by atoms with Gasteiger partial charge in [-0.2, -0.15) is 0 Å². The van der Waals surface area contributed by atoms with Gasteiger partial charge in [0.25, 0.3) is 5.91 Å². The lowest BCUT2D eigenvalue weighted by molar-refractivity contribution is -0.135. The number of rotatable bonds is 4. The van der Waals surface area contributed by atoms with E-state index in [1.54, 1.807) is 23.1 Å². The molecular weight excluding hydrogens is 474 g/mol. The highest BCUT2D eigenvalue weighted by Crippen LogP contribution is 2.49. The fourth-order valence-corrected chi connectivity index (χ4v) is 5.79. The number of Topliss-reactive ketones (excluding diaryl/α,β-unsaturated/α-hetero) is 1. The topological polar surface area (TPSA) is 94.5 Å². The van der Waals surface area contributed by atoms with E-state index in [2.05, 4.69) is 0 Å². The van der Waals surface area contributed by atoms with Crippen molar-refractivity contribution in [3.63, 3.8) is 0 Å². The zero-order valence-electron chi connectivity index (χ0n) is 19.0. The van der Waals surface area contributed by atoms with Crippen LogP contribution >= 0.6 is 11.6 Å². The number of halogens is 1. The molecule has 8 nitrogen and oxygen atoms in total. The minimum atomic E-state index is -0.693. The van der Waals surface area contributed by atoms with Crippen molar-refractivity contribution in [1.29, 1.82) is 0 Å². The van der Waals surface area contributed by atoms with Crippen LogP contribution < -0.4 is 14.2 Å². The van der Waals surface area contributed by atoms with Crippen LogP contribution in [0.2, 0.25) is 0 Å². The Morgan fingerprint density at radius 2 is 1.94 bits per heavy atom. The lowest BCUT2D eigenvalue weighted by Gasteiger charge is -2.37. The van der Waals surface area contributed by atoms with Crippen LogP contribution in [0.4, 0.5) is 0 Å². The van der Waals surface area contributed by atoms with Gasteiger partial charge in [-0.15, -0.1) is 11.6 Å². The fraction of sp³-hybridized carbons (Fsp3) is 0.385. The fourth-order valence-electron chi connectivity index (χ4n) is 5.47. The highest BCUT2D eigenvalue weighted by atomic mass is 35.5. The third-order valence-corrected chi connectivity index (χ3v) is 7.58. The van der Waals surface area contributed by atoms with Gasteiger partial charge in [-0.25, -0.2) is 0 Å². The van der Waals surface area contributed by atoms with Gasteiger partial charge in [0.05, 0.1) is 24.6 Å². The number of phenols is 1. The SMILES string of the molecule is COc1cc(C2C3=C(OC4CCC(Cl)CC4C3=O)C(=O)N2Cc2ccc3c(c2)OCO3)ccc1O. The summed E-state index contributed by atoms with van der Waals surface area (Å²) in [6.07, 6.45) is 1.55. The monoisotopic (exact) mass is 497 g/mol. The van der Waals surface area contributed by atoms with E-state index >= 15 is 0 Å². The number of amides is 1. The first-order valence-electron chi connectivity index (χ1n) is 11.6. The Balaban J connectivity index is 1.42. The van der Waals surface area contributed by atoms with Gasteiger partial charge in [0.15, 0.2) is 34.5 Å². The van der Waals surface area contributed by atoms with Gasteiger partial charge in [-0.05, 0) is 54.7 Å². The molecule has 2 aromatic carbocycles. The first-order chi connectivity index (χ1) is 16.9. The zero-order valence-corrected chi connectivity index (χ0v) is 19.8. The average Bonchev–Trinajstić information content (AvgIpc) is 3.43. The summed E-state index contributed by atoms with van der Waals surface area (Å²) in [6, 6.07) is 9.67. The van der Waals surface area contributed by atoms with Crippen LogP contribution in [-0.4, -0.2) is 47.1 Å². The smallest absolute Gasteiger partial charge is 0.290 e. The van der Waals surface area contributed by atoms with Crippen molar-refractivity contribution in [2.24, 2.45) is 5.92 Å². The number of hydrogen-bond donors (Lipinski definition) is 1. The second-order valence-corrected chi connectivity index (χ2v) is 9.85. The number of methoxy groups -OCH3 is 1. The lowest BCUT2D eigenvalue weighted by atomic mass is 9.77. The molecule has 3 heterocycles. The summed E-state index contributed by atoms with van der Waals surface area (Å²) in [6.45, 7) is 0.375. The molecule has 1 amide bonds. The van der Waals surface area contributed by atoms with Crippen LogP contribution in [-0.2, 0) is 20.9 Å². The molecule has 1 fully saturated rings. The molecule has 0 aromatic heterocycles. The molecule has 4 atom stereocenters. The predicted molar refractivity (Wildman–Crippen MR) is 124 cm³/mol. The van der Waals surface area contributed by atoms with E-state index in [0.29, 0.717) is 35.5 Å². The van der Waals surface area contributed by atoms with E-state index in [1.807, 2.05) is 12.1 Å². The average molecular weight is 498 g/mol. The van der Waals surface area contributed by atoms with Gasteiger partial charge in [-0.1, -0.05) is 12.1 Å². The van der Waals surface area contributed by atoms with Crippen LogP contribution in [0.3, 0.4) is 0 Å². The van der Waals surface area contributed by atoms with Gasteiger partial charge in [0.2, 0.25) is 6.79 Å². The summed E-state index contributed by atoms with van der Waals surface area (Å²) in [5.41, 5.74) is 1.81. The van der Waals surface area contributed by atoms with Crippen molar-refractivity contribution < 1.29 is 33.6 Å². The van der Waals surface area contributed by atoms with Crippen LogP contribution in [0.25, 0.3) is 0 Å². The second-order valence-electron chi connectivity index (χ2n) is 9.23. The molecule has 3 aliphatic heterocycles. The number of benzene rings is 2. The van der Waals surface area contributed by atoms with E-state index in [1.165, 1.54) is 13.2 Å². The highest BCUT2D eigenvalue weighted by Gasteiger charge is 2.52. The number of aromatic hydroxyl groups is 1. The molecule has 0 bridgehead atoms. The summed E-state index contributed by atoms with van der Waals surface area (Å²) >= 11 is 6.40. The maximum atomic E-state index is 13.8. The molecule has 1 aliphatic carbocycles. The molecule has 4 unspecified atom stereocenters. The molecule has 35 heavy (non-hydrogen) atoms. The first kappa shape index (κ1) is 22.1. The van der Waals surface area contributed by atoms with Crippen molar-refractivity contribution in [2.75, 3.05) is 13.9 Å². The lowest BCUT2D eigenvalue weighted by Crippen LogP contribution is -2.41. The number of alkyl halides is 1. The molecule has 6 rings (SSSR count). The Morgan fingerprint density at radius 1 is 1.11 bits per heavy atom. The van der Waals surface area contributed by atoms with Gasteiger partial charge in [-0.3, -0.25) is 9.59 Å². The standard InChI is InChI=1S/C26H24ClNO7/c1-32-20-9-14(3-5-17(20)29)23-22-24(30)16-10-15(27)4-7-18(16)35-25(22)26(31)28(23)11-13-2-6-19-21(8-13)34-12-33-19/h2-3,5-6,8-9,15-16,18,23,29H,4,7,10-12H2,1H3. The Bertz CT molecular complexity index is 1260. The molecule has 0 spiro atoms. The van der Waals surface area contributed by atoms with E-state index in [-0.39, 0.29) is 59.7 Å². The highest BCUT2D eigenvalue weighted by molar-refractivity contribution is 6.21. The van der Waals surface area contributed by atoms with Gasteiger partial charge in [0.1, 0.15) is 6.10 Å². The Labute approximate surface area is 207 Å². The minimum Gasteiger partial charge on any atom is -0.504 e. The van der Waals surface area contributed by atoms with E-state index in [0.717, 1.165) is 12.0 Å². The number of nitrogens with zero attached hydrogens (tertiary/aromatic N) is 1. The number of ether oxygens (including phenoxy) is 4. The minimum absolute atomic E-state index is 0.0272. The molecular formula is C26H24ClNO7. The molecule has 2 aromatic rings. The van der Waals surface area contributed by atoms with Gasteiger partial charge < -0.3 is 29.0 Å². The second kappa shape index (κ2) is 8.37. The predicted octanol–water partition coefficient (Wildman–Crippen LogP) is 3.84. The van der Waals surface area contributed by atoms with Gasteiger partial charge in [0, 0.05) is 11.9 Å². The summed E-state index contributed by atoms with van der Waals surface area (Å²) in [5, 5.41) is 10.0. The van der Waals surface area contributed by atoms with E-state index in [4.69, 9.17) is 30.5 Å². The van der Waals surface area contributed by atoms with E-state index < -0.39 is 6.04 Å². The maximum Gasteiger partial charge on any atom is 0.290 e. The molecule has 1 N–H and O–H groups in total.